The summed E-state index contributed by atoms with van der Waals surface area (Å²) in [5, 5.41) is 13.4. The second-order valence-electron chi connectivity index (χ2n) is 6.55. The molecule has 1 saturated heterocycles. The van der Waals surface area contributed by atoms with E-state index < -0.39 is 29.2 Å². The molecule has 3 nitrogen and oxygen atoms in total. The largest absolute Gasteiger partial charge is 0.507 e. The van der Waals surface area contributed by atoms with Crippen molar-refractivity contribution in [2.75, 3.05) is 26.2 Å². The second-order valence-corrected chi connectivity index (χ2v) is 6.55. The fourth-order valence-electron chi connectivity index (χ4n) is 4.00. The van der Waals surface area contributed by atoms with Crippen molar-refractivity contribution in [3.63, 3.8) is 0 Å². The van der Waals surface area contributed by atoms with Crippen molar-refractivity contribution in [2.24, 2.45) is 5.92 Å². The normalized spacial score (nSPS) is 20.4. The van der Waals surface area contributed by atoms with Crippen LogP contribution in [0.2, 0.25) is 0 Å². The molecule has 25 heavy (non-hydrogen) atoms. The first-order valence-electron chi connectivity index (χ1n) is 8.40. The number of hydrogen-bond donors (Lipinski definition) is 2. The highest BCUT2D eigenvalue weighted by atomic mass is 35.5. The molecule has 1 saturated carbocycles. The van der Waals surface area contributed by atoms with E-state index in [9.17, 15) is 18.3 Å². The van der Waals surface area contributed by atoms with Gasteiger partial charge < -0.3 is 10.4 Å². The molecule has 1 aromatic carbocycles. The summed E-state index contributed by atoms with van der Waals surface area (Å²) in [6.45, 7) is 2.96. The Morgan fingerprint density at radius 1 is 1.00 bits per heavy atom. The molecule has 2 fully saturated rings. The third-order valence-corrected chi connectivity index (χ3v) is 5.12. The molecule has 0 bridgehead atoms. The molecule has 1 aliphatic carbocycles. The molecule has 0 unspecified atom stereocenters. The summed E-state index contributed by atoms with van der Waals surface area (Å²) in [5.74, 6) is -4.39. The summed E-state index contributed by atoms with van der Waals surface area (Å²) >= 11 is 0. The molecule has 1 aromatic rings. The third-order valence-electron chi connectivity index (χ3n) is 5.12. The molecular formula is C17H25Cl2F3N2O. The zero-order chi connectivity index (χ0) is 16.4. The Bertz CT molecular complexity index is 547. The van der Waals surface area contributed by atoms with Gasteiger partial charge in [-0.15, -0.1) is 24.8 Å². The first-order chi connectivity index (χ1) is 11.1. The highest BCUT2D eigenvalue weighted by Crippen LogP contribution is 2.43. The topological polar surface area (TPSA) is 35.5 Å². The molecule has 3 rings (SSSR count). The minimum absolute atomic E-state index is 0. The van der Waals surface area contributed by atoms with Gasteiger partial charge in [0.25, 0.3) is 0 Å². The molecule has 1 heterocycles. The number of rotatable bonds is 3. The molecule has 0 spiro atoms. The molecule has 144 valence electrons. The highest BCUT2D eigenvalue weighted by molar-refractivity contribution is 5.85. The van der Waals surface area contributed by atoms with Gasteiger partial charge in [-0.05, 0) is 18.8 Å². The van der Waals surface area contributed by atoms with Gasteiger partial charge in [-0.25, -0.2) is 13.2 Å². The molecule has 2 N–H and O–H groups in total. The van der Waals surface area contributed by atoms with Crippen molar-refractivity contribution < 1.29 is 18.3 Å². The van der Waals surface area contributed by atoms with E-state index in [0.717, 1.165) is 45.2 Å². The van der Waals surface area contributed by atoms with E-state index in [1.165, 1.54) is 0 Å². The predicted molar refractivity (Wildman–Crippen MR) is 96.2 cm³/mol. The monoisotopic (exact) mass is 400 g/mol. The lowest BCUT2D eigenvalue weighted by atomic mass is 9.79. The Hall–Kier alpha value is -0.690. The van der Waals surface area contributed by atoms with Crippen LogP contribution in [-0.4, -0.2) is 36.2 Å². The van der Waals surface area contributed by atoms with E-state index in [-0.39, 0.29) is 36.3 Å². The number of phenolic OH excluding ortho intramolecular Hbond substituents is 1. The van der Waals surface area contributed by atoms with Gasteiger partial charge >= 0.3 is 0 Å². The minimum atomic E-state index is -1.49. The number of phenols is 1. The Labute approximate surface area is 158 Å². The molecule has 1 atom stereocenters. The van der Waals surface area contributed by atoms with Crippen LogP contribution in [0.15, 0.2) is 6.07 Å². The molecule has 0 aromatic heterocycles. The zero-order valence-electron chi connectivity index (χ0n) is 13.9. The van der Waals surface area contributed by atoms with Gasteiger partial charge in [0.1, 0.15) is 5.75 Å². The average Bonchev–Trinajstić information content (AvgIpc) is 2.58. The fraction of sp³-hybridized carbons (Fsp3) is 0.647. The Morgan fingerprint density at radius 3 is 2.20 bits per heavy atom. The Balaban J connectivity index is 0.00000156. The number of halogens is 5. The molecule has 2 aliphatic rings. The maximum atomic E-state index is 14.5. The van der Waals surface area contributed by atoms with Crippen molar-refractivity contribution in [1.82, 2.24) is 10.2 Å². The van der Waals surface area contributed by atoms with E-state index >= 15 is 0 Å². The van der Waals surface area contributed by atoms with Crippen LogP contribution in [0.5, 0.6) is 5.75 Å². The predicted octanol–water partition coefficient (Wildman–Crippen LogP) is 4.18. The van der Waals surface area contributed by atoms with E-state index in [4.69, 9.17) is 0 Å². The lowest BCUT2D eigenvalue weighted by Gasteiger charge is -2.41. The number of aromatic hydroxyl groups is 1. The zero-order valence-corrected chi connectivity index (χ0v) is 15.6. The maximum Gasteiger partial charge on any atom is 0.195 e. The van der Waals surface area contributed by atoms with Gasteiger partial charge in [-0.3, -0.25) is 4.90 Å². The standard InChI is InChI=1S/C17H23F3N2O.2ClH/c18-12-10-13(23)14(16(20)15(12)19)17(11-4-2-1-3-5-11)22-8-6-21-7-9-22;;/h10-11,17,21,23H,1-9H2;2*1H/t17-;;/m1../s1. The summed E-state index contributed by atoms with van der Waals surface area (Å²) < 4.78 is 41.6. The van der Waals surface area contributed by atoms with E-state index in [1.807, 2.05) is 0 Å². The number of hydrogen-bond acceptors (Lipinski definition) is 3. The smallest absolute Gasteiger partial charge is 0.195 e. The molecule has 1 aliphatic heterocycles. The van der Waals surface area contributed by atoms with Gasteiger partial charge in [0.05, 0.1) is 5.56 Å². The first kappa shape index (κ1) is 22.4. The second kappa shape index (κ2) is 9.86. The minimum Gasteiger partial charge on any atom is -0.507 e. The lowest BCUT2D eigenvalue weighted by molar-refractivity contribution is 0.0975. The van der Waals surface area contributed by atoms with Crippen LogP contribution in [0.1, 0.15) is 43.7 Å². The van der Waals surface area contributed by atoms with Gasteiger partial charge in [-0.2, -0.15) is 0 Å². The number of nitrogens with zero attached hydrogens (tertiary/aromatic N) is 1. The number of benzene rings is 1. The van der Waals surface area contributed by atoms with Gasteiger partial charge in [0.2, 0.25) is 0 Å². The van der Waals surface area contributed by atoms with Crippen LogP contribution < -0.4 is 5.32 Å². The van der Waals surface area contributed by atoms with E-state index in [2.05, 4.69) is 10.2 Å². The summed E-state index contributed by atoms with van der Waals surface area (Å²) in [5.41, 5.74) is -0.0716. The van der Waals surface area contributed by atoms with Crippen LogP contribution in [0.4, 0.5) is 13.2 Å². The summed E-state index contributed by atoms with van der Waals surface area (Å²) in [6.07, 6.45) is 5.11. The van der Waals surface area contributed by atoms with Crippen LogP contribution in [0.25, 0.3) is 0 Å². The Kier molecular flexibility index (Phi) is 8.81. The third kappa shape index (κ3) is 4.73. The summed E-state index contributed by atoms with van der Waals surface area (Å²) in [6, 6.07) is 0.304. The average molecular weight is 401 g/mol. The van der Waals surface area contributed by atoms with Crippen LogP contribution in [-0.2, 0) is 0 Å². The fourth-order valence-corrected chi connectivity index (χ4v) is 4.00. The number of piperazine rings is 1. The van der Waals surface area contributed by atoms with Crippen molar-refractivity contribution >= 4 is 24.8 Å². The van der Waals surface area contributed by atoms with Crippen molar-refractivity contribution in [3.8, 4) is 5.75 Å². The molecule has 8 heteroatoms. The van der Waals surface area contributed by atoms with Crippen LogP contribution >= 0.6 is 24.8 Å². The van der Waals surface area contributed by atoms with E-state index in [0.29, 0.717) is 19.2 Å². The first-order valence-corrected chi connectivity index (χ1v) is 8.40. The molecular weight excluding hydrogens is 376 g/mol. The van der Waals surface area contributed by atoms with Crippen molar-refractivity contribution in [2.45, 2.75) is 38.1 Å². The summed E-state index contributed by atoms with van der Waals surface area (Å²) in [4.78, 5) is 2.10. The van der Waals surface area contributed by atoms with Gasteiger partial charge in [0.15, 0.2) is 17.5 Å². The number of nitrogens with one attached hydrogen (secondary N) is 1. The summed E-state index contributed by atoms with van der Waals surface area (Å²) in [7, 11) is 0. The highest BCUT2D eigenvalue weighted by Gasteiger charge is 2.36. The quantitative estimate of drug-likeness (QED) is 0.746. The van der Waals surface area contributed by atoms with Gasteiger partial charge in [0, 0.05) is 38.3 Å². The van der Waals surface area contributed by atoms with Crippen LogP contribution in [0, 0.1) is 23.4 Å². The lowest BCUT2D eigenvalue weighted by Crippen LogP contribution is -2.47. The maximum absolute atomic E-state index is 14.5. The SMILES string of the molecule is Cl.Cl.Oc1cc(F)c(F)c(F)c1[C@@H](C1CCCCC1)N1CCNCC1. The molecule has 0 radical (unpaired) electrons. The van der Waals surface area contributed by atoms with Crippen molar-refractivity contribution in [1.29, 1.82) is 0 Å². The van der Waals surface area contributed by atoms with Gasteiger partial charge in [-0.1, -0.05) is 19.3 Å². The van der Waals surface area contributed by atoms with Crippen molar-refractivity contribution in [3.05, 3.63) is 29.1 Å². The molecule has 0 amide bonds. The van der Waals surface area contributed by atoms with Crippen LogP contribution in [0.3, 0.4) is 0 Å². The Morgan fingerprint density at radius 2 is 1.60 bits per heavy atom. The van der Waals surface area contributed by atoms with E-state index in [1.54, 1.807) is 0 Å².